The molecule has 3 N–H and O–H groups in total. The Morgan fingerprint density at radius 3 is 2.71 bits per heavy atom. The van der Waals surface area contributed by atoms with Gasteiger partial charge in [-0.1, -0.05) is 30.3 Å². The van der Waals surface area contributed by atoms with Crippen molar-refractivity contribution in [2.45, 2.75) is 13.5 Å². The van der Waals surface area contributed by atoms with Crippen molar-refractivity contribution in [1.82, 2.24) is 14.5 Å². The molecule has 0 aliphatic rings. The summed E-state index contributed by atoms with van der Waals surface area (Å²) in [5, 5.41) is 2.93. The molecule has 3 aromatic heterocycles. The summed E-state index contributed by atoms with van der Waals surface area (Å²) in [4.78, 5) is 32.6. The first-order valence-corrected chi connectivity index (χ1v) is 9.98. The van der Waals surface area contributed by atoms with E-state index >= 15 is 0 Å². The van der Waals surface area contributed by atoms with Crippen LogP contribution in [0.3, 0.4) is 0 Å². The summed E-state index contributed by atoms with van der Waals surface area (Å²) in [6.07, 6.45) is 3.25. The molecule has 0 saturated heterocycles. The van der Waals surface area contributed by atoms with Gasteiger partial charge in [-0.2, -0.15) is 0 Å². The molecule has 0 saturated carbocycles. The van der Waals surface area contributed by atoms with Gasteiger partial charge in [0.25, 0.3) is 5.56 Å². The molecule has 5 rings (SSSR count). The second-order valence-electron chi connectivity index (χ2n) is 7.55. The maximum Gasteiger partial charge on any atom is 0.255 e. The minimum atomic E-state index is -0.231. The van der Waals surface area contributed by atoms with E-state index in [0.717, 1.165) is 27.2 Å². The molecule has 0 bridgehead atoms. The van der Waals surface area contributed by atoms with Crippen LogP contribution in [0.5, 0.6) is 0 Å². The molecule has 2 aromatic carbocycles. The second-order valence-corrected chi connectivity index (χ2v) is 7.55. The zero-order chi connectivity index (χ0) is 21.5. The number of hydrogen-bond donors (Lipinski definition) is 2. The SMILES string of the molecule is CC(=O)c1c(-c2ccc[nH]c2=O)c2c3ccccc3ccc2n1Cc1ccnc(N)c1. The molecule has 3 heterocycles. The molecule has 0 aliphatic heterocycles. The normalized spacial score (nSPS) is 11.3. The third-order valence-corrected chi connectivity index (χ3v) is 5.56. The molecule has 0 spiro atoms. The molecular weight excluding hydrogens is 388 g/mol. The summed E-state index contributed by atoms with van der Waals surface area (Å²) in [5.41, 5.74) is 9.09. The van der Waals surface area contributed by atoms with E-state index in [1.165, 1.54) is 6.92 Å². The Kier molecular flexibility index (Phi) is 4.40. The van der Waals surface area contributed by atoms with Crippen molar-refractivity contribution in [3.05, 3.63) is 94.7 Å². The summed E-state index contributed by atoms with van der Waals surface area (Å²) in [6, 6.07) is 19.3. The molecule has 0 fully saturated rings. The number of ketones is 1. The van der Waals surface area contributed by atoms with Crippen LogP contribution in [-0.2, 0) is 6.54 Å². The second kappa shape index (κ2) is 7.25. The van der Waals surface area contributed by atoms with E-state index in [1.807, 2.05) is 47.0 Å². The summed E-state index contributed by atoms with van der Waals surface area (Å²) >= 11 is 0. The Bertz CT molecular complexity index is 1530. The number of benzene rings is 2. The van der Waals surface area contributed by atoms with E-state index in [-0.39, 0.29) is 11.3 Å². The fraction of sp³-hybridized carbons (Fsp3) is 0.0800. The number of rotatable bonds is 4. The number of carbonyl (C=O) groups is 1. The van der Waals surface area contributed by atoms with Gasteiger partial charge in [0.1, 0.15) is 5.82 Å². The van der Waals surface area contributed by atoms with Gasteiger partial charge in [0.2, 0.25) is 0 Å². The molecular formula is C25H20N4O2. The number of nitrogens with one attached hydrogen (secondary N) is 1. The van der Waals surface area contributed by atoms with E-state index in [0.29, 0.717) is 29.2 Å². The van der Waals surface area contributed by atoms with Crippen LogP contribution in [0.15, 0.2) is 77.9 Å². The lowest BCUT2D eigenvalue weighted by Crippen LogP contribution is -2.12. The lowest BCUT2D eigenvalue weighted by Gasteiger charge is -2.11. The van der Waals surface area contributed by atoms with Gasteiger partial charge in [0, 0.05) is 42.4 Å². The van der Waals surface area contributed by atoms with Crippen LogP contribution >= 0.6 is 0 Å². The number of H-pyrrole nitrogens is 1. The molecule has 31 heavy (non-hydrogen) atoms. The third-order valence-electron chi connectivity index (χ3n) is 5.56. The average molecular weight is 408 g/mol. The van der Waals surface area contributed by atoms with Crippen molar-refractivity contribution in [3.63, 3.8) is 0 Å². The first kappa shape index (κ1) is 18.8. The van der Waals surface area contributed by atoms with Crippen LogP contribution in [0, 0.1) is 0 Å². The number of aromatic amines is 1. The molecule has 0 atom stereocenters. The van der Waals surface area contributed by atoms with E-state index in [2.05, 4.69) is 9.97 Å². The molecule has 6 nitrogen and oxygen atoms in total. The molecule has 5 aromatic rings. The Labute approximate surface area is 178 Å². The predicted molar refractivity (Wildman–Crippen MR) is 123 cm³/mol. The van der Waals surface area contributed by atoms with E-state index in [1.54, 1.807) is 30.6 Å². The smallest absolute Gasteiger partial charge is 0.255 e. The largest absolute Gasteiger partial charge is 0.384 e. The maximum absolute atomic E-state index is 13.0. The first-order chi connectivity index (χ1) is 15.0. The van der Waals surface area contributed by atoms with Gasteiger partial charge < -0.3 is 15.3 Å². The monoisotopic (exact) mass is 408 g/mol. The Hall–Kier alpha value is -4.19. The number of anilines is 1. The van der Waals surface area contributed by atoms with Gasteiger partial charge in [0.15, 0.2) is 5.78 Å². The molecule has 0 radical (unpaired) electrons. The van der Waals surface area contributed by atoms with E-state index in [4.69, 9.17) is 5.73 Å². The predicted octanol–water partition coefficient (Wildman–Crippen LogP) is 4.38. The summed E-state index contributed by atoms with van der Waals surface area (Å²) in [7, 11) is 0. The fourth-order valence-electron chi connectivity index (χ4n) is 4.31. The average Bonchev–Trinajstić information content (AvgIpc) is 3.09. The van der Waals surface area contributed by atoms with E-state index < -0.39 is 0 Å². The lowest BCUT2D eigenvalue weighted by molar-refractivity contribution is 0.101. The Morgan fingerprint density at radius 2 is 1.94 bits per heavy atom. The number of carbonyl (C=O) groups excluding carboxylic acids is 1. The fourth-order valence-corrected chi connectivity index (χ4v) is 4.31. The van der Waals surface area contributed by atoms with Gasteiger partial charge in [-0.05, 0) is 46.7 Å². The minimum Gasteiger partial charge on any atom is -0.384 e. The zero-order valence-electron chi connectivity index (χ0n) is 16.9. The molecule has 0 unspecified atom stereocenters. The number of hydrogen-bond acceptors (Lipinski definition) is 4. The number of fused-ring (bicyclic) bond motifs is 3. The van der Waals surface area contributed by atoms with Crippen LogP contribution in [0.4, 0.5) is 5.82 Å². The third kappa shape index (κ3) is 3.09. The number of nitrogens with zero attached hydrogens (tertiary/aromatic N) is 2. The molecule has 6 heteroatoms. The Balaban J connectivity index is 1.94. The number of nitrogens with two attached hydrogens (primary N) is 1. The van der Waals surface area contributed by atoms with Gasteiger partial charge in [-0.3, -0.25) is 9.59 Å². The Morgan fingerprint density at radius 1 is 1.10 bits per heavy atom. The van der Waals surface area contributed by atoms with Crippen LogP contribution in [0.1, 0.15) is 23.0 Å². The number of pyridine rings is 2. The molecule has 0 aliphatic carbocycles. The van der Waals surface area contributed by atoms with Crippen LogP contribution in [0.2, 0.25) is 0 Å². The molecule has 0 amide bonds. The van der Waals surface area contributed by atoms with E-state index in [9.17, 15) is 9.59 Å². The van der Waals surface area contributed by atoms with Crippen LogP contribution in [0.25, 0.3) is 32.8 Å². The highest BCUT2D eigenvalue weighted by Crippen LogP contribution is 2.39. The number of nitrogen functional groups attached to an aromatic ring is 1. The van der Waals surface area contributed by atoms with Crippen molar-refractivity contribution < 1.29 is 4.79 Å². The standard InChI is InChI=1S/C25H20N4O2/c1-15(30)24-23(19-7-4-11-28-25(19)31)22-18-6-3-2-5-17(18)8-9-20(22)29(24)14-16-10-12-27-21(26)13-16/h2-13H,14H2,1H3,(H2,26,27)(H,28,31). The number of Topliss-reactive ketones (excluding diaryl/α,β-unsaturated/α-hetero) is 1. The van der Waals surface area contributed by atoms with Crippen molar-refractivity contribution in [1.29, 1.82) is 0 Å². The highest BCUT2D eigenvalue weighted by molar-refractivity contribution is 6.19. The molecule has 152 valence electrons. The van der Waals surface area contributed by atoms with Crippen LogP contribution in [-0.4, -0.2) is 20.3 Å². The van der Waals surface area contributed by atoms with Gasteiger partial charge in [0.05, 0.1) is 11.2 Å². The summed E-state index contributed by atoms with van der Waals surface area (Å²) in [6.45, 7) is 1.97. The first-order valence-electron chi connectivity index (χ1n) is 9.98. The van der Waals surface area contributed by atoms with Crippen molar-refractivity contribution in [2.24, 2.45) is 0 Å². The van der Waals surface area contributed by atoms with Crippen molar-refractivity contribution >= 4 is 33.3 Å². The van der Waals surface area contributed by atoms with Crippen molar-refractivity contribution in [3.8, 4) is 11.1 Å². The van der Waals surface area contributed by atoms with Gasteiger partial charge in [-0.15, -0.1) is 0 Å². The maximum atomic E-state index is 13.0. The summed E-state index contributed by atoms with van der Waals surface area (Å²) in [5.74, 6) is 0.309. The highest BCUT2D eigenvalue weighted by Gasteiger charge is 2.24. The van der Waals surface area contributed by atoms with Gasteiger partial charge >= 0.3 is 0 Å². The van der Waals surface area contributed by atoms with Crippen molar-refractivity contribution in [2.75, 3.05) is 5.73 Å². The highest BCUT2D eigenvalue weighted by atomic mass is 16.1. The topological polar surface area (TPSA) is 93.8 Å². The summed E-state index contributed by atoms with van der Waals surface area (Å²) < 4.78 is 1.97. The lowest BCUT2D eigenvalue weighted by atomic mass is 9.97. The number of aromatic nitrogens is 3. The van der Waals surface area contributed by atoms with Crippen LogP contribution < -0.4 is 11.3 Å². The zero-order valence-corrected chi connectivity index (χ0v) is 16.9. The van der Waals surface area contributed by atoms with Gasteiger partial charge in [-0.25, -0.2) is 4.98 Å². The minimum absolute atomic E-state index is 0.111. The quantitative estimate of drug-likeness (QED) is 0.432.